The molecule has 1 heterocycles. The number of hydrogen-bond acceptors (Lipinski definition) is 4. The van der Waals surface area contributed by atoms with Gasteiger partial charge in [-0.25, -0.2) is 4.98 Å². The molecule has 19 heavy (non-hydrogen) atoms. The number of aliphatic hydroxyl groups excluding tert-OH is 1. The predicted molar refractivity (Wildman–Crippen MR) is 73.2 cm³/mol. The Morgan fingerprint density at radius 1 is 1.47 bits per heavy atom. The molecule has 0 aliphatic heterocycles. The van der Waals surface area contributed by atoms with Crippen LogP contribution in [-0.2, 0) is 4.74 Å². The molecule has 1 unspecified atom stereocenters. The van der Waals surface area contributed by atoms with Gasteiger partial charge in [0.15, 0.2) is 0 Å². The summed E-state index contributed by atoms with van der Waals surface area (Å²) in [6.45, 7) is 4.97. The number of pyridine rings is 1. The molecule has 2 N–H and O–H groups in total. The van der Waals surface area contributed by atoms with E-state index in [0.29, 0.717) is 17.5 Å². The largest absolute Gasteiger partial charge is 0.389 e. The first-order chi connectivity index (χ1) is 8.99. The van der Waals surface area contributed by atoms with Gasteiger partial charge < -0.3 is 15.2 Å². The summed E-state index contributed by atoms with van der Waals surface area (Å²) in [6.07, 6.45) is 0.675. The van der Waals surface area contributed by atoms with E-state index >= 15 is 0 Å². The molecule has 106 valence electrons. The Bertz CT molecular complexity index is 395. The minimum absolute atomic E-state index is 0.126. The van der Waals surface area contributed by atoms with Gasteiger partial charge in [0, 0.05) is 19.3 Å². The number of aromatic nitrogens is 1. The summed E-state index contributed by atoms with van der Waals surface area (Å²) in [5.74, 6) is 0.0691. The summed E-state index contributed by atoms with van der Waals surface area (Å²) in [5, 5.41) is 12.7. The van der Waals surface area contributed by atoms with E-state index in [0.717, 1.165) is 0 Å². The summed E-state index contributed by atoms with van der Waals surface area (Å²) in [7, 11) is 0. The van der Waals surface area contributed by atoms with Gasteiger partial charge >= 0.3 is 0 Å². The Kier molecular flexibility index (Phi) is 6.77. The molecule has 0 bridgehead atoms. The maximum atomic E-state index is 11.7. The molecular weight excluding hydrogens is 268 g/mol. The van der Waals surface area contributed by atoms with Crippen molar-refractivity contribution >= 4 is 17.5 Å². The SMILES string of the molecule is CC(C)COCC(O)CNC(=O)c1ccc(Cl)cn1. The first-order valence-electron chi connectivity index (χ1n) is 6.14. The van der Waals surface area contributed by atoms with Crippen LogP contribution in [0, 0.1) is 5.92 Å². The Labute approximate surface area is 117 Å². The molecule has 5 nitrogen and oxygen atoms in total. The number of rotatable bonds is 7. The van der Waals surface area contributed by atoms with Gasteiger partial charge in [-0.05, 0) is 18.1 Å². The van der Waals surface area contributed by atoms with E-state index in [2.05, 4.69) is 10.3 Å². The zero-order valence-corrected chi connectivity index (χ0v) is 11.9. The van der Waals surface area contributed by atoms with Gasteiger partial charge in [-0.1, -0.05) is 25.4 Å². The van der Waals surface area contributed by atoms with E-state index in [4.69, 9.17) is 16.3 Å². The molecule has 0 fully saturated rings. The van der Waals surface area contributed by atoms with Gasteiger partial charge in [0.05, 0.1) is 17.7 Å². The van der Waals surface area contributed by atoms with Crippen molar-refractivity contribution in [2.75, 3.05) is 19.8 Å². The number of carbonyl (C=O) groups is 1. The first kappa shape index (κ1) is 15.9. The van der Waals surface area contributed by atoms with Gasteiger partial charge in [0.25, 0.3) is 5.91 Å². The molecule has 0 aliphatic rings. The van der Waals surface area contributed by atoms with Crippen LogP contribution in [0.5, 0.6) is 0 Å². The second kappa shape index (κ2) is 8.09. The molecule has 0 aromatic carbocycles. The van der Waals surface area contributed by atoms with E-state index in [-0.39, 0.29) is 24.8 Å². The predicted octanol–water partition coefficient (Wildman–Crippen LogP) is 1.50. The van der Waals surface area contributed by atoms with Crippen LogP contribution in [0.2, 0.25) is 5.02 Å². The standard InChI is InChI=1S/C13H19ClN2O3/c1-9(2)7-19-8-11(17)6-16-13(18)12-4-3-10(14)5-15-12/h3-5,9,11,17H,6-8H2,1-2H3,(H,16,18). The van der Waals surface area contributed by atoms with Crippen molar-refractivity contribution in [2.45, 2.75) is 20.0 Å². The van der Waals surface area contributed by atoms with Crippen molar-refractivity contribution in [2.24, 2.45) is 5.92 Å². The van der Waals surface area contributed by atoms with Gasteiger partial charge in [-0.2, -0.15) is 0 Å². The van der Waals surface area contributed by atoms with Crippen molar-refractivity contribution in [3.63, 3.8) is 0 Å². The highest BCUT2D eigenvalue weighted by Crippen LogP contribution is 2.05. The topological polar surface area (TPSA) is 71.5 Å². The number of ether oxygens (including phenoxy) is 1. The number of aliphatic hydroxyl groups is 1. The van der Waals surface area contributed by atoms with E-state index in [1.54, 1.807) is 6.07 Å². The number of hydrogen-bond donors (Lipinski definition) is 2. The first-order valence-corrected chi connectivity index (χ1v) is 6.52. The summed E-state index contributed by atoms with van der Waals surface area (Å²) in [5.41, 5.74) is 0.264. The number of amides is 1. The van der Waals surface area contributed by atoms with Crippen LogP contribution in [0.25, 0.3) is 0 Å². The Balaban J connectivity index is 2.27. The quantitative estimate of drug-likeness (QED) is 0.797. The maximum absolute atomic E-state index is 11.7. The van der Waals surface area contributed by atoms with Gasteiger partial charge in [0.2, 0.25) is 0 Å². The number of nitrogens with one attached hydrogen (secondary N) is 1. The average Bonchev–Trinajstić information content (AvgIpc) is 2.36. The summed E-state index contributed by atoms with van der Waals surface area (Å²) < 4.78 is 5.28. The normalized spacial score (nSPS) is 12.5. The van der Waals surface area contributed by atoms with E-state index in [9.17, 15) is 9.90 Å². The third-order valence-electron chi connectivity index (χ3n) is 2.22. The highest BCUT2D eigenvalue weighted by Gasteiger charge is 2.10. The van der Waals surface area contributed by atoms with Gasteiger partial charge in [0.1, 0.15) is 5.69 Å². The van der Waals surface area contributed by atoms with Crippen molar-refractivity contribution in [3.8, 4) is 0 Å². The van der Waals surface area contributed by atoms with Crippen LogP contribution in [0.1, 0.15) is 24.3 Å². The Hall–Kier alpha value is -1.17. The molecule has 0 saturated heterocycles. The molecule has 1 amide bonds. The number of nitrogens with zero attached hydrogens (tertiary/aromatic N) is 1. The van der Waals surface area contributed by atoms with Crippen LogP contribution in [0.15, 0.2) is 18.3 Å². The lowest BCUT2D eigenvalue weighted by Crippen LogP contribution is -2.35. The van der Waals surface area contributed by atoms with Crippen molar-refractivity contribution in [1.29, 1.82) is 0 Å². The van der Waals surface area contributed by atoms with Crippen LogP contribution >= 0.6 is 11.6 Å². The second-order valence-electron chi connectivity index (χ2n) is 4.66. The average molecular weight is 287 g/mol. The summed E-state index contributed by atoms with van der Waals surface area (Å²) in [4.78, 5) is 15.6. The Morgan fingerprint density at radius 3 is 2.79 bits per heavy atom. The van der Waals surface area contributed by atoms with Gasteiger partial charge in [-0.3, -0.25) is 4.79 Å². The molecule has 0 saturated carbocycles. The van der Waals surface area contributed by atoms with Crippen molar-refractivity contribution in [1.82, 2.24) is 10.3 Å². The molecule has 0 radical (unpaired) electrons. The zero-order valence-electron chi connectivity index (χ0n) is 11.1. The van der Waals surface area contributed by atoms with Crippen LogP contribution in [0.3, 0.4) is 0 Å². The van der Waals surface area contributed by atoms with Crippen LogP contribution < -0.4 is 5.32 Å². The minimum Gasteiger partial charge on any atom is -0.389 e. The molecule has 1 rings (SSSR count). The number of carbonyl (C=O) groups excluding carboxylic acids is 1. The summed E-state index contributed by atoms with van der Waals surface area (Å²) >= 11 is 5.68. The van der Waals surface area contributed by atoms with Crippen molar-refractivity contribution in [3.05, 3.63) is 29.0 Å². The van der Waals surface area contributed by atoms with Gasteiger partial charge in [-0.15, -0.1) is 0 Å². The number of halogens is 1. The fraction of sp³-hybridized carbons (Fsp3) is 0.538. The lowest BCUT2D eigenvalue weighted by Gasteiger charge is -2.13. The fourth-order valence-electron chi connectivity index (χ4n) is 1.31. The summed E-state index contributed by atoms with van der Waals surface area (Å²) in [6, 6.07) is 3.12. The molecule has 1 atom stereocenters. The molecule has 0 spiro atoms. The second-order valence-corrected chi connectivity index (χ2v) is 5.09. The highest BCUT2D eigenvalue weighted by molar-refractivity contribution is 6.30. The lowest BCUT2D eigenvalue weighted by molar-refractivity contribution is 0.0259. The third-order valence-corrected chi connectivity index (χ3v) is 2.44. The molecular formula is C13H19ClN2O3. The Morgan fingerprint density at radius 2 is 2.21 bits per heavy atom. The molecule has 6 heteroatoms. The smallest absolute Gasteiger partial charge is 0.269 e. The minimum atomic E-state index is -0.727. The van der Waals surface area contributed by atoms with Crippen molar-refractivity contribution < 1.29 is 14.6 Å². The van der Waals surface area contributed by atoms with Crippen LogP contribution in [0.4, 0.5) is 0 Å². The molecule has 0 aliphatic carbocycles. The maximum Gasteiger partial charge on any atom is 0.269 e. The fourth-order valence-corrected chi connectivity index (χ4v) is 1.42. The van der Waals surface area contributed by atoms with E-state index < -0.39 is 6.10 Å². The zero-order chi connectivity index (χ0) is 14.3. The lowest BCUT2D eigenvalue weighted by atomic mass is 10.2. The molecule has 1 aromatic rings. The van der Waals surface area contributed by atoms with Crippen LogP contribution in [-0.4, -0.2) is 41.9 Å². The van der Waals surface area contributed by atoms with E-state index in [1.807, 2.05) is 13.8 Å². The monoisotopic (exact) mass is 286 g/mol. The van der Waals surface area contributed by atoms with E-state index in [1.165, 1.54) is 12.3 Å². The highest BCUT2D eigenvalue weighted by atomic mass is 35.5. The third kappa shape index (κ3) is 6.52. The molecule has 1 aromatic heterocycles.